The first-order valence-electron chi connectivity index (χ1n) is 8.28. The molecule has 4 rings (SSSR count). The molecule has 122 valence electrons. The van der Waals surface area contributed by atoms with Crippen LogP contribution in [0.5, 0.6) is 0 Å². The van der Waals surface area contributed by atoms with E-state index in [-0.39, 0.29) is 18.1 Å². The molecule has 2 aliphatic heterocycles. The number of amides is 1. The second-order valence-electron chi connectivity index (χ2n) is 6.39. The summed E-state index contributed by atoms with van der Waals surface area (Å²) in [6.45, 7) is 3.64. The molecule has 2 aromatic rings. The van der Waals surface area contributed by atoms with Crippen molar-refractivity contribution in [3.63, 3.8) is 0 Å². The molecule has 1 amide bonds. The molecule has 0 radical (unpaired) electrons. The van der Waals surface area contributed by atoms with Gasteiger partial charge in [-0.2, -0.15) is 0 Å². The fraction of sp³-hybridized carbons (Fsp3) is 0.562. The molecular weight excluding hydrogens is 294 g/mol. The first kappa shape index (κ1) is 14.4. The Balaban J connectivity index is 1.49. The third-order valence-electron chi connectivity index (χ3n) is 4.96. The van der Waals surface area contributed by atoms with Crippen LogP contribution in [0.1, 0.15) is 19.3 Å². The van der Waals surface area contributed by atoms with E-state index in [0.29, 0.717) is 11.7 Å². The number of carbonyl (C=O) groups excluding carboxylic acids is 1. The molecule has 0 N–H and O–H groups in total. The first-order valence-corrected chi connectivity index (χ1v) is 8.28. The maximum Gasteiger partial charge on any atom is 0.350 e. The summed E-state index contributed by atoms with van der Waals surface area (Å²) in [6.07, 6.45) is 5.35. The van der Waals surface area contributed by atoms with Crippen LogP contribution < -0.4 is 5.69 Å². The van der Waals surface area contributed by atoms with Crippen LogP contribution in [-0.4, -0.2) is 62.1 Å². The highest BCUT2D eigenvalue weighted by Crippen LogP contribution is 2.21. The quantitative estimate of drug-likeness (QED) is 0.794. The van der Waals surface area contributed by atoms with Crippen LogP contribution in [0.25, 0.3) is 5.65 Å². The number of fused-ring (bicyclic) bond motifs is 2. The lowest BCUT2D eigenvalue weighted by Crippen LogP contribution is -2.56. The zero-order valence-electron chi connectivity index (χ0n) is 13.1. The van der Waals surface area contributed by atoms with Gasteiger partial charge in [-0.25, -0.2) is 9.48 Å². The summed E-state index contributed by atoms with van der Waals surface area (Å²) in [5.74, 6) is -0.0132. The van der Waals surface area contributed by atoms with Gasteiger partial charge in [-0.15, -0.1) is 5.10 Å². The molecule has 0 saturated carbocycles. The van der Waals surface area contributed by atoms with Crippen LogP contribution >= 0.6 is 0 Å². The average Bonchev–Trinajstić information content (AvgIpc) is 2.91. The van der Waals surface area contributed by atoms with E-state index in [1.807, 2.05) is 11.0 Å². The molecule has 7 nitrogen and oxygen atoms in total. The molecule has 23 heavy (non-hydrogen) atoms. The molecule has 2 saturated heterocycles. The zero-order chi connectivity index (χ0) is 15.8. The van der Waals surface area contributed by atoms with E-state index in [1.165, 1.54) is 21.9 Å². The third kappa shape index (κ3) is 2.65. The smallest absolute Gasteiger partial charge is 0.338 e. The van der Waals surface area contributed by atoms with Crippen molar-refractivity contribution in [2.45, 2.75) is 31.8 Å². The summed E-state index contributed by atoms with van der Waals surface area (Å²) in [6, 6.07) is 5.86. The molecule has 7 heteroatoms. The van der Waals surface area contributed by atoms with E-state index >= 15 is 0 Å². The molecule has 0 aliphatic carbocycles. The fourth-order valence-corrected chi connectivity index (χ4v) is 3.68. The Hall–Kier alpha value is -2.15. The maximum absolute atomic E-state index is 12.6. The fourth-order valence-electron chi connectivity index (χ4n) is 3.68. The Labute approximate surface area is 134 Å². The van der Waals surface area contributed by atoms with E-state index < -0.39 is 0 Å². The summed E-state index contributed by atoms with van der Waals surface area (Å²) in [5, 5.41) is 4.24. The number of carbonyl (C=O) groups is 1. The second kappa shape index (κ2) is 5.81. The van der Waals surface area contributed by atoms with Gasteiger partial charge in [-0.1, -0.05) is 12.5 Å². The summed E-state index contributed by atoms with van der Waals surface area (Å²) in [4.78, 5) is 29.2. The Morgan fingerprint density at radius 3 is 3.00 bits per heavy atom. The van der Waals surface area contributed by atoms with E-state index in [0.717, 1.165) is 32.6 Å². The van der Waals surface area contributed by atoms with Gasteiger partial charge in [0.2, 0.25) is 5.91 Å². The van der Waals surface area contributed by atoms with Crippen molar-refractivity contribution in [2.24, 2.45) is 0 Å². The van der Waals surface area contributed by atoms with Gasteiger partial charge in [0.1, 0.15) is 6.54 Å². The van der Waals surface area contributed by atoms with Gasteiger partial charge in [0.05, 0.1) is 0 Å². The summed E-state index contributed by atoms with van der Waals surface area (Å²) in [7, 11) is 0. The van der Waals surface area contributed by atoms with Gasteiger partial charge < -0.3 is 4.90 Å². The summed E-state index contributed by atoms with van der Waals surface area (Å²) >= 11 is 0. The topological polar surface area (TPSA) is 62.9 Å². The number of aromatic nitrogens is 3. The highest BCUT2D eigenvalue weighted by molar-refractivity contribution is 5.76. The van der Waals surface area contributed by atoms with E-state index in [4.69, 9.17) is 0 Å². The van der Waals surface area contributed by atoms with Crippen LogP contribution in [0, 0.1) is 0 Å². The molecule has 0 aromatic carbocycles. The first-order chi connectivity index (χ1) is 11.2. The van der Waals surface area contributed by atoms with Crippen molar-refractivity contribution in [3.8, 4) is 0 Å². The second-order valence-corrected chi connectivity index (χ2v) is 6.39. The molecule has 0 bridgehead atoms. The lowest BCUT2D eigenvalue weighted by molar-refractivity contribution is -0.135. The van der Waals surface area contributed by atoms with Gasteiger partial charge in [-0.3, -0.25) is 14.1 Å². The lowest BCUT2D eigenvalue weighted by Gasteiger charge is -2.44. The summed E-state index contributed by atoms with van der Waals surface area (Å²) < 4.78 is 2.73. The maximum atomic E-state index is 12.6. The normalized spacial score (nSPS) is 22.3. The Kier molecular flexibility index (Phi) is 3.65. The van der Waals surface area contributed by atoms with Gasteiger partial charge in [-0.05, 0) is 31.5 Å². The van der Waals surface area contributed by atoms with Crippen molar-refractivity contribution in [3.05, 3.63) is 34.9 Å². The van der Waals surface area contributed by atoms with Crippen molar-refractivity contribution >= 4 is 11.6 Å². The van der Waals surface area contributed by atoms with Crippen LogP contribution in [0.4, 0.5) is 0 Å². The van der Waals surface area contributed by atoms with Crippen molar-refractivity contribution in [1.82, 2.24) is 24.0 Å². The Morgan fingerprint density at radius 1 is 1.22 bits per heavy atom. The number of nitrogens with zero attached hydrogens (tertiary/aromatic N) is 5. The van der Waals surface area contributed by atoms with Crippen molar-refractivity contribution in [1.29, 1.82) is 0 Å². The van der Waals surface area contributed by atoms with E-state index in [9.17, 15) is 9.59 Å². The number of hydrogen-bond donors (Lipinski definition) is 0. The van der Waals surface area contributed by atoms with E-state index in [1.54, 1.807) is 18.3 Å². The molecule has 1 atom stereocenters. The minimum atomic E-state index is -0.259. The number of rotatable bonds is 2. The summed E-state index contributed by atoms with van der Waals surface area (Å²) in [5.41, 5.74) is 0.313. The van der Waals surface area contributed by atoms with Crippen LogP contribution in [0.2, 0.25) is 0 Å². The van der Waals surface area contributed by atoms with Crippen LogP contribution in [0.3, 0.4) is 0 Å². The number of pyridine rings is 1. The highest BCUT2D eigenvalue weighted by atomic mass is 16.2. The van der Waals surface area contributed by atoms with Crippen LogP contribution in [0.15, 0.2) is 29.2 Å². The van der Waals surface area contributed by atoms with Gasteiger partial charge in [0.25, 0.3) is 0 Å². The number of piperidine rings is 1. The largest absolute Gasteiger partial charge is 0.350 e. The van der Waals surface area contributed by atoms with Crippen molar-refractivity contribution < 1.29 is 4.79 Å². The van der Waals surface area contributed by atoms with E-state index in [2.05, 4.69) is 10.00 Å². The zero-order valence-corrected chi connectivity index (χ0v) is 13.1. The Bertz CT molecular complexity index is 780. The lowest BCUT2D eigenvalue weighted by atomic mass is 9.99. The molecule has 2 fully saturated rings. The monoisotopic (exact) mass is 315 g/mol. The third-order valence-corrected chi connectivity index (χ3v) is 4.96. The molecule has 2 aromatic heterocycles. The SMILES string of the molecule is O=C(Cn1nc2ccccn2c1=O)N1CCN2CCCC[C@@H]2C1. The molecule has 2 aliphatic rings. The minimum absolute atomic E-state index is 0.0132. The number of piperazine rings is 1. The predicted octanol–water partition coefficient (Wildman–Crippen LogP) is 0.193. The Morgan fingerprint density at radius 2 is 2.13 bits per heavy atom. The standard InChI is InChI=1S/C16H21N5O2/c22-15(19-10-9-18-7-3-1-5-13(18)11-19)12-21-16(23)20-8-4-2-6-14(20)17-21/h2,4,6,8,13H,1,3,5,7,9-12H2/t13-/m1/s1. The molecular formula is C16H21N5O2. The molecule has 4 heterocycles. The van der Waals surface area contributed by atoms with Crippen LogP contribution in [-0.2, 0) is 11.3 Å². The highest BCUT2D eigenvalue weighted by Gasteiger charge is 2.31. The minimum Gasteiger partial charge on any atom is -0.338 e. The predicted molar refractivity (Wildman–Crippen MR) is 85.2 cm³/mol. The number of hydrogen-bond acceptors (Lipinski definition) is 4. The average molecular weight is 315 g/mol. The van der Waals surface area contributed by atoms with Gasteiger partial charge >= 0.3 is 5.69 Å². The van der Waals surface area contributed by atoms with Crippen molar-refractivity contribution in [2.75, 3.05) is 26.2 Å². The molecule has 0 spiro atoms. The molecule has 0 unspecified atom stereocenters. The van der Waals surface area contributed by atoms with Gasteiger partial charge in [0.15, 0.2) is 5.65 Å². The van der Waals surface area contributed by atoms with Gasteiger partial charge in [0, 0.05) is 31.9 Å².